The average Bonchev–Trinajstić information content (AvgIpc) is 2.72. The Morgan fingerprint density at radius 2 is 1.90 bits per heavy atom. The summed E-state index contributed by atoms with van der Waals surface area (Å²) in [6, 6.07) is 5.87. The summed E-state index contributed by atoms with van der Waals surface area (Å²) >= 11 is 8.14. The maximum absolute atomic E-state index is 6.13. The van der Waals surface area contributed by atoms with Crippen LogP contribution < -0.4 is 9.47 Å². The van der Waals surface area contributed by atoms with Gasteiger partial charge in [-0.25, -0.2) is 0 Å². The maximum Gasteiger partial charge on any atom is 0.175 e. The molecule has 4 heteroatoms. The molecule has 0 unspecified atom stereocenters. The zero-order valence-corrected chi connectivity index (χ0v) is 14.5. The summed E-state index contributed by atoms with van der Waals surface area (Å²) in [5.74, 6) is 2.47. The second kappa shape index (κ2) is 7.60. The van der Waals surface area contributed by atoms with E-state index in [-0.39, 0.29) is 5.41 Å². The van der Waals surface area contributed by atoms with Gasteiger partial charge in [0.15, 0.2) is 11.5 Å². The van der Waals surface area contributed by atoms with Crippen LogP contribution in [0.4, 0.5) is 0 Å². The van der Waals surface area contributed by atoms with Crippen LogP contribution in [0.25, 0.3) is 0 Å². The molecule has 0 amide bonds. The quantitative estimate of drug-likeness (QED) is 0.582. The number of methoxy groups -OCH3 is 1. The van der Waals surface area contributed by atoms with Crippen LogP contribution in [0.3, 0.4) is 0 Å². The SMILES string of the molecule is COc1cccc(Br)c1OCC1(CS)CCCCCC1. The summed E-state index contributed by atoms with van der Waals surface area (Å²) in [5.41, 5.74) is 0.208. The lowest BCUT2D eigenvalue weighted by Gasteiger charge is -2.31. The van der Waals surface area contributed by atoms with Crippen LogP contribution in [0, 0.1) is 5.41 Å². The molecule has 1 aromatic carbocycles. The number of hydrogen-bond acceptors (Lipinski definition) is 3. The second-order valence-electron chi connectivity index (χ2n) is 5.63. The van der Waals surface area contributed by atoms with Crippen molar-refractivity contribution in [2.75, 3.05) is 19.5 Å². The van der Waals surface area contributed by atoms with E-state index in [0.29, 0.717) is 0 Å². The fourth-order valence-electron chi connectivity index (χ4n) is 2.84. The van der Waals surface area contributed by atoms with Crippen LogP contribution in [0.1, 0.15) is 38.5 Å². The van der Waals surface area contributed by atoms with Crippen LogP contribution in [-0.4, -0.2) is 19.5 Å². The van der Waals surface area contributed by atoms with Gasteiger partial charge in [-0.3, -0.25) is 0 Å². The van der Waals surface area contributed by atoms with E-state index in [2.05, 4.69) is 28.6 Å². The van der Waals surface area contributed by atoms with Crippen LogP contribution in [-0.2, 0) is 0 Å². The Morgan fingerprint density at radius 3 is 2.50 bits per heavy atom. The molecule has 0 bridgehead atoms. The molecule has 1 fully saturated rings. The van der Waals surface area contributed by atoms with E-state index < -0.39 is 0 Å². The van der Waals surface area contributed by atoms with E-state index in [1.807, 2.05) is 18.2 Å². The van der Waals surface area contributed by atoms with Crippen LogP contribution in [0.2, 0.25) is 0 Å². The number of rotatable bonds is 5. The normalized spacial score (nSPS) is 18.4. The third-order valence-electron chi connectivity index (χ3n) is 4.17. The smallest absolute Gasteiger partial charge is 0.175 e. The molecule has 2 rings (SSSR count). The van der Waals surface area contributed by atoms with E-state index in [0.717, 1.165) is 28.3 Å². The van der Waals surface area contributed by atoms with Gasteiger partial charge in [0.25, 0.3) is 0 Å². The van der Waals surface area contributed by atoms with Crippen LogP contribution in [0.15, 0.2) is 22.7 Å². The molecule has 20 heavy (non-hydrogen) atoms. The van der Waals surface area contributed by atoms with Gasteiger partial charge in [0.2, 0.25) is 0 Å². The van der Waals surface area contributed by atoms with Crippen molar-refractivity contribution in [2.24, 2.45) is 5.41 Å². The maximum atomic E-state index is 6.13. The summed E-state index contributed by atoms with van der Waals surface area (Å²) in [4.78, 5) is 0. The fourth-order valence-corrected chi connectivity index (χ4v) is 3.71. The first kappa shape index (κ1) is 16.0. The molecule has 112 valence electrons. The molecule has 0 spiro atoms. The van der Waals surface area contributed by atoms with Gasteiger partial charge in [-0.15, -0.1) is 0 Å². The monoisotopic (exact) mass is 358 g/mol. The third kappa shape index (κ3) is 3.85. The molecule has 0 N–H and O–H groups in total. The molecule has 2 nitrogen and oxygen atoms in total. The Morgan fingerprint density at radius 1 is 1.20 bits per heavy atom. The average molecular weight is 359 g/mol. The number of halogens is 1. The highest BCUT2D eigenvalue weighted by atomic mass is 79.9. The van der Waals surface area contributed by atoms with Crippen molar-refractivity contribution >= 4 is 28.6 Å². The topological polar surface area (TPSA) is 18.5 Å². The molecule has 1 saturated carbocycles. The number of para-hydroxylation sites is 1. The lowest BCUT2D eigenvalue weighted by Crippen LogP contribution is -2.30. The minimum atomic E-state index is 0.208. The van der Waals surface area contributed by atoms with Gasteiger partial charge in [0, 0.05) is 5.41 Å². The Balaban J connectivity index is 2.10. The predicted octanol–water partition coefficient (Wildman–Crippen LogP) is 5.11. The Labute approximate surface area is 135 Å². The first-order valence-corrected chi connectivity index (χ1v) is 8.69. The van der Waals surface area contributed by atoms with E-state index in [1.165, 1.54) is 38.5 Å². The van der Waals surface area contributed by atoms with Crippen molar-refractivity contribution in [3.8, 4) is 11.5 Å². The van der Waals surface area contributed by atoms with Crippen molar-refractivity contribution in [1.82, 2.24) is 0 Å². The molecule has 0 aromatic heterocycles. The standard InChI is InChI=1S/C16H23BrO2S/c1-18-14-8-6-7-13(17)15(14)19-11-16(12-20)9-4-2-3-5-10-16/h6-8,20H,2-5,9-12H2,1H3. The highest BCUT2D eigenvalue weighted by Crippen LogP contribution is 2.40. The summed E-state index contributed by atoms with van der Waals surface area (Å²) < 4.78 is 12.5. The highest BCUT2D eigenvalue weighted by molar-refractivity contribution is 9.10. The van der Waals surface area contributed by atoms with Crippen LogP contribution >= 0.6 is 28.6 Å². The molecule has 0 heterocycles. The molecular weight excluding hydrogens is 336 g/mol. The van der Waals surface area contributed by atoms with Gasteiger partial charge in [-0.1, -0.05) is 31.7 Å². The van der Waals surface area contributed by atoms with Gasteiger partial charge < -0.3 is 9.47 Å². The predicted molar refractivity (Wildman–Crippen MR) is 90.2 cm³/mol. The van der Waals surface area contributed by atoms with E-state index in [9.17, 15) is 0 Å². The first-order valence-electron chi connectivity index (χ1n) is 7.27. The number of benzene rings is 1. The van der Waals surface area contributed by atoms with E-state index >= 15 is 0 Å². The van der Waals surface area contributed by atoms with Crippen molar-refractivity contribution in [1.29, 1.82) is 0 Å². The molecule has 1 aromatic rings. The van der Waals surface area contributed by atoms with E-state index in [1.54, 1.807) is 7.11 Å². The lowest BCUT2D eigenvalue weighted by atomic mass is 9.83. The number of hydrogen-bond donors (Lipinski definition) is 1. The molecule has 0 saturated heterocycles. The largest absolute Gasteiger partial charge is 0.493 e. The van der Waals surface area contributed by atoms with Crippen molar-refractivity contribution in [2.45, 2.75) is 38.5 Å². The summed E-state index contributed by atoms with van der Waals surface area (Å²) in [6.07, 6.45) is 7.68. The second-order valence-corrected chi connectivity index (χ2v) is 6.80. The summed E-state index contributed by atoms with van der Waals surface area (Å²) in [6.45, 7) is 0.718. The minimum Gasteiger partial charge on any atom is -0.493 e. The summed E-state index contributed by atoms with van der Waals surface area (Å²) in [5, 5.41) is 0. The zero-order valence-electron chi connectivity index (χ0n) is 12.0. The number of ether oxygens (including phenoxy) is 2. The third-order valence-corrected chi connectivity index (χ3v) is 5.47. The van der Waals surface area contributed by atoms with Gasteiger partial charge in [0.1, 0.15) is 0 Å². The molecule has 1 aliphatic rings. The summed E-state index contributed by atoms with van der Waals surface area (Å²) in [7, 11) is 1.68. The Kier molecular flexibility index (Phi) is 6.09. The van der Waals surface area contributed by atoms with Gasteiger partial charge in [0.05, 0.1) is 18.2 Å². The Hall–Kier alpha value is -0.350. The van der Waals surface area contributed by atoms with Gasteiger partial charge in [-0.2, -0.15) is 12.6 Å². The van der Waals surface area contributed by atoms with E-state index in [4.69, 9.17) is 9.47 Å². The fraction of sp³-hybridized carbons (Fsp3) is 0.625. The molecule has 0 aliphatic heterocycles. The van der Waals surface area contributed by atoms with Crippen LogP contribution in [0.5, 0.6) is 11.5 Å². The van der Waals surface area contributed by atoms with Crippen molar-refractivity contribution < 1.29 is 9.47 Å². The van der Waals surface area contributed by atoms with Gasteiger partial charge >= 0.3 is 0 Å². The molecule has 0 atom stereocenters. The van der Waals surface area contributed by atoms with Crippen molar-refractivity contribution in [3.05, 3.63) is 22.7 Å². The molecule has 1 aliphatic carbocycles. The highest BCUT2D eigenvalue weighted by Gasteiger charge is 2.31. The zero-order chi connectivity index (χ0) is 14.4. The Bertz CT molecular complexity index is 428. The molecule has 0 radical (unpaired) electrons. The lowest BCUT2D eigenvalue weighted by molar-refractivity contribution is 0.144. The minimum absolute atomic E-state index is 0.208. The number of thiol groups is 1. The molecular formula is C16H23BrO2S. The van der Waals surface area contributed by atoms with Crippen molar-refractivity contribution in [3.63, 3.8) is 0 Å². The van der Waals surface area contributed by atoms with Gasteiger partial charge in [-0.05, 0) is 46.7 Å². The first-order chi connectivity index (χ1) is 9.71.